The van der Waals surface area contributed by atoms with E-state index in [1.165, 1.54) is 0 Å². The lowest BCUT2D eigenvalue weighted by molar-refractivity contribution is -0.152. The summed E-state index contributed by atoms with van der Waals surface area (Å²) in [6, 6.07) is 0. The standard InChI is InChI=1S/C11H22N2O3/c1-6-16-10(15)11(3,4)13-9(14)8(2)7-12-5/h8,12H,6-7H2,1-5H3,(H,13,14). The van der Waals surface area contributed by atoms with Gasteiger partial charge < -0.3 is 15.4 Å². The minimum atomic E-state index is -0.977. The zero-order valence-electron chi connectivity index (χ0n) is 10.7. The van der Waals surface area contributed by atoms with Crippen LogP contribution in [0.4, 0.5) is 0 Å². The third-order valence-corrected chi connectivity index (χ3v) is 2.18. The van der Waals surface area contributed by atoms with Crippen molar-refractivity contribution in [3.63, 3.8) is 0 Å². The highest BCUT2D eigenvalue weighted by molar-refractivity contribution is 5.88. The van der Waals surface area contributed by atoms with E-state index in [0.29, 0.717) is 13.2 Å². The molecule has 2 N–H and O–H groups in total. The molecule has 0 aliphatic carbocycles. The molecule has 0 aromatic heterocycles. The minimum absolute atomic E-state index is 0.160. The molecule has 0 aliphatic rings. The first-order valence-electron chi connectivity index (χ1n) is 5.49. The fourth-order valence-electron chi connectivity index (χ4n) is 1.19. The van der Waals surface area contributed by atoms with Crippen LogP contribution in [-0.2, 0) is 14.3 Å². The first kappa shape index (κ1) is 14.9. The molecule has 0 rings (SSSR count). The van der Waals surface area contributed by atoms with E-state index in [1.54, 1.807) is 34.7 Å². The first-order valence-corrected chi connectivity index (χ1v) is 5.49. The lowest BCUT2D eigenvalue weighted by Gasteiger charge is -2.25. The molecule has 0 heterocycles. The Bertz CT molecular complexity index is 252. The van der Waals surface area contributed by atoms with Gasteiger partial charge in [-0.05, 0) is 27.8 Å². The Balaban J connectivity index is 4.35. The van der Waals surface area contributed by atoms with E-state index in [0.717, 1.165) is 0 Å². The number of hydrogen-bond donors (Lipinski definition) is 2. The third kappa shape index (κ3) is 4.61. The van der Waals surface area contributed by atoms with E-state index in [2.05, 4.69) is 10.6 Å². The Morgan fingerprint density at radius 2 is 1.94 bits per heavy atom. The van der Waals surface area contributed by atoms with E-state index < -0.39 is 11.5 Å². The molecule has 94 valence electrons. The molecule has 5 nitrogen and oxygen atoms in total. The van der Waals surface area contributed by atoms with Crippen LogP contribution >= 0.6 is 0 Å². The average Bonchev–Trinajstić information content (AvgIpc) is 2.17. The van der Waals surface area contributed by atoms with E-state index in [1.807, 2.05) is 0 Å². The van der Waals surface area contributed by atoms with Gasteiger partial charge in [0.1, 0.15) is 5.54 Å². The Kier molecular flexibility index (Phi) is 6.03. The summed E-state index contributed by atoms with van der Waals surface area (Å²) in [5, 5.41) is 5.58. The molecule has 1 atom stereocenters. The van der Waals surface area contributed by atoms with Crippen LogP contribution in [0.15, 0.2) is 0 Å². The van der Waals surface area contributed by atoms with Gasteiger partial charge in [0.25, 0.3) is 0 Å². The zero-order chi connectivity index (χ0) is 12.8. The van der Waals surface area contributed by atoms with Crippen molar-refractivity contribution in [2.75, 3.05) is 20.2 Å². The van der Waals surface area contributed by atoms with Crippen LogP contribution in [0, 0.1) is 5.92 Å². The van der Waals surface area contributed by atoms with E-state index in [9.17, 15) is 9.59 Å². The Morgan fingerprint density at radius 3 is 2.38 bits per heavy atom. The van der Waals surface area contributed by atoms with Crippen molar-refractivity contribution in [3.05, 3.63) is 0 Å². The quantitative estimate of drug-likeness (QED) is 0.644. The molecule has 0 aromatic rings. The van der Waals surface area contributed by atoms with E-state index in [4.69, 9.17) is 4.74 Å². The molecule has 0 saturated carbocycles. The SMILES string of the molecule is CCOC(=O)C(C)(C)NC(=O)C(C)CNC. The van der Waals surface area contributed by atoms with Gasteiger partial charge in [-0.25, -0.2) is 4.79 Å². The van der Waals surface area contributed by atoms with Crippen LogP contribution in [0.5, 0.6) is 0 Å². The van der Waals surface area contributed by atoms with Gasteiger partial charge in [0.05, 0.1) is 6.61 Å². The van der Waals surface area contributed by atoms with Crippen LogP contribution in [0.25, 0.3) is 0 Å². The van der Waals surface area contributed by atoms with Gasteiger partial charge in [0.2, 0.25) is 5.91 Å². The maximum Gasteiger partial charge on any atom is 0.331 e. The van der Waals surface area contributed by atoms with Crippen molar-refractivity contribution in [2.24, 2.45) is 5.92 Å². The highest BCUT2D eigenvalue weighted by Crippen LogP contribution is 2.07. The number of hydrogen-bond acceptors (Lipinski definition) is 4. The normalized spacial score (nSPS) is 13.1. The molecule has 0 radical (unpaired) electrons. The van der Waals surface area contributed by atoms with Crippen LogP contribution in [0.2, 0.25) is 0 Å². The van der Waals surface area contributed by atoms with E-state index >= 15 is 0 Å². The topological polar surface area (TPSA) is 67.4 Å². The van der Waals surface area contributed by atoms with Gasteiger partial charge in [-0.15, -0.1) is 0 Å². The first-order chi connectivity index (χ1) is 7.35. The number of rotatable bonds is 6. The summed E-state index contributed by atoms with van der Waals surface area (Å²) in [6.45, 7) is 7.69. The molecule has 0 aromatic carbocycles. The summed E-state index contributed by atoms with van der Waals surface area (Å²) in [7, 11) is 1.78. The van der Waals surface area contributed by atoms with Crippen LogP contribution in [-0.4, -0.2) is 37.6 Å². The van der Waals surface area contributed by atoms with Crippen molar-refractivity contribution in [1.82, 2.24) is 10.6 Å². The van der Waals surface area contributed by atoms with Crippen molar-refractivity contribution < 1.29 is 14.3 Å². The van der Waals surface area contributed by atoms with Crippen LogP contribution in [0.1, 0.15) is 27.7 Å². The number of carbonyl (C=O) groups is 2. The molecule has 0 fully saturated rings. The van der Waals surface area contributed by atoms with Crippen LogP contribution in [0.3, 0.4) is 0 Å². The molecule has 0 bridgehead atoms. The predicted molar refractivity (Wildman–Crippen MR) is 61.9 cm³/mol. The largest absolute Gasteiger partial charge is 0.464 e. The van der Waals surface area contributed by atoms with Crippen LogP contribution < -0.4 is 10.6 Å². The Hall–Kier alpha value is -1.10. The van der Waals surface area contributed by atoms with Gasteiger partial charge in [-0.1, -0.05) is 6.92 Å². The lowest BCUT2D eigenvalue weighted by Crippen LogP contribution is -2.52. The highest BCUT2D eigenvalue weighted by Gasteiger charge is 2.32. The van der Waals surface area contributed by atoms with E-state index in [-0.39, 0.29) is 11.8 Å². The zero-order valence-corrected chi connectivity index (χ0v) is 10.7. The Labute approximate surface area is 96.9 Å². The molecule has 1 amide bonds. The lowest BCUT2D eigenvalue weighted by atomic mass is 10.0. The van der Waals surface area contributed by atoms with Gasteiger partial charge in [-0.3, -0.25) is 4.79 Å². The minimum Gasteiger partial charge on any atom is -0.464 e. The molecule has 1 unspecified atom stereocenters. The summed E-state index contributed by atoms with van der Waals surface area (Å²) in [5.41, 5.74) is -0.977. The van der Waals surface area contributed by atoms with Crippen molar-refractivity contribution >= 4 is 11.9 Å². The summed E-state index contributed by atoms with van der Waals surface area (Å²) >= 11 is 0. The highest BCUT2D eigenvalue weighted by atomic mass is 16.5. The fourth-order valence-corrected chi connectivity index (χ4v) is 1.19. The molecule has 0 aliphatic heterocycles. The van der Waals surface area contributed by atoms with Crippen molar-refractivity contribution in [3.8, 4) is 0 Å². The van der Waals surface area contributed by atoms with Gasteiger partial charge >= 0.3 is 5.97 Å². The third-order valence-electron chi connectivity index (χ3n) is 2.18. The Morgan fingerprint density at radius 1 is 1.38 bits per heavy atom. The second-order valence-electron chi connectivity index (χ2n) is 4.29. The second-order valence-corrected chi connectivity index (χ2v) is 4.29. The summed E-state index contributed by atoms with van der Waals surface area (Å²) in [5.74, 6) is -0.758. The van der Waals surface area contributed by atoms with Gasteiger partial charge in [0.15, 0.2) is 0 Å². The molecular formula is C11H22N2O3. The monoisotopic (exact) mass is 230 g/mol. The molecular weight excluding hydrogens is 208 g/mol. The summed E-state index contributed by atoms with van der Waals surface area (Å²) in [6.07, 6.45) is 0. The number of ether oxygens (including phenoxy) is 1. The number of nitrogens with one attached hydrogen (secondary N) is 2. The number of amides is 1. The fraction of sp³-hybridized carbons (Fsp3) is 0.818. The molecule has 0 saturated heterocycles. The summed E-state index contributed by atoms with van der Waals surface area (Å²) in [4.78, 5) is 23.2. The molecule has 0 spiro atoms. The molecule has 5 heteroatoms. The smallest absolute Gasteiger partial charge is 0.331 e. The van der Waals surface area contributed by atoms with Crippen molar-refractivity contribution in [1.29, 1.82) is 0 Å². The van der Waals surface area contributed by atoms with Gasteiger partial charge in [-0.2, -0.15) is 0 Å². The van der Waals surface area contributed by atoms with Crippen molar-refractivity contribution in [2.45, 2.75) is 33.2 Å². The number of carbonyl (C=O) groups excluding carboxylic acids is 2. The second kappa shape index (κ2) is 6.48. The van der Waals surface area contributed by atoms with Gasteiger partial charge in [0, 0.05) is 12.5 Å². The predicted octanol–water partition coefficient (Wildman–Crippen LogP) is 0.300. The molecule has 16 heavy (non-hydrogen) atoms. The maximum atomic E-state index is 11.7. The number of esters is 1. The average molecular weight is 230 g/mol. The maximum absolute atomic E-state index is 11.7. The summed E-state index contributed by atoms with van der Waals surface area (Å²) < 4.78 is 4.88.